The molecule has 1 aliphatic heterocycles. The van der Waals surface area contributed by atoms with Gasteiger partial charge in [-0.25, -0.2) is 0 Å². The van der Waals surface area contributed by atoms with E-state index in [1.165, 1.54) is 0 Å². The van der Waals surface area contributed by atoms with E-state index in [2.05, 4.69) is 17.0 Å². The van der Waals surface area contributed by atoms with Crippen molar-refractivity contribution in [2.75, 3.05) is 13.1 Å². The van der Waals surface area contributed by atoms with E-state index in [1.807, 2.05) is 29.9 Å². The number of aromatic nitrogens is 3. The SMILES string of the molecule is CCCn1cc(C(=O)N2C[C@@H](Cc3ccncc3)[C@@H](O)C2)c(C)n1. The minimum atomic E-state index is -0.492. The standard InChI is InChI=1S/C18H24N4O2/c1-3-8-22-11-16(13(2)20-22)18(24)21-10-15(17(23)12-21)9-14-4-6-19-7-5-14/h4-7,11,15,17,23H,3,8-10,12H2,1-2H3/t15-,17+/m1/s1. The third-order valence-electron chi connectivity index (χ3n) is 4.57. The lowest BCUT2D eigenvalue weighted by Gasteiger charge is -2.15. The zero-order valence-corrected chi connectivity index (χ0v) is 14.2. The van der Waals surface area contributed by atoms with Crippen molar-refractivity contribution >= 4 is 5.91 Å². The van der Waals surface area contributed by atoms with Gasteiger partial charge in [0, 0.05) is 44.1 Å². The van der Waals surface area contributed by atoms with E-state index in [0.717, 1.165) is 30.6 Å². The van der Waals surface area contributed by atoms with Gasteiger partial charge in [-0.15, -0.1) is 0 Å². The molecule has 0 aliphatic carbocycles. The molecule has 0 saturated carbocycles. The number of nitrogens with zero attached hydrogens (tertiary/aromatic N) is 4. The van der Waals surface area contributed by atoms with E-state index in [1.54, 1.807) is 17.3 Å². The number of aliphatic hydroxyl groups excluding tert-OH is 1. The van der Waals surface area contributed by atoms with Crippen LogP contribution in [0.5, 0.6) is 0 Å². The number of rotatable bonds is 5. The van der Waals surface area contributed by atoms with Gasteiger partial charge in [0.15, 0.2) is 0 Å². The summed E-state index contributed by atoms with van der Waals surface area (Å²) in [6.07, 6.45) is 6.57. The number of amides is 1. The van der Waals surface area contributed by atoms with E-state index in [0.29, 0.717) is 18.7 Å². The fourth-order valence-corrected chi connectivity index (χ4v) is 3.28. The Labute approximate surface area is 142 Å². The maximum absolute atomic E-state index is 12.8. The van der Waals surface area contributed by atoms with Crippen molar-refractivity contribution in [2.45, 2.75) is 39.3 Å². The van der Waals surface area contributed by atoms with Crippen molar-refractivity contribution in [2.24, 2.45) is 5.92 Å². The van der Waals surface area contributed by atoms with Crippen molar-refractivity contribution < 1.29 is 9.90 Å². The topological polar surface area (TPSA) is 71.2 Å². The average Bonchev–Trinajstić information content (AvgIpc) is 3.11. The molecule has 0 unspecified atom stereocenters. The molecule has 3 heterocycles. The molecule has 2 aromatic rings. The van der Waals surface area contributed by atoms with Crippen molar-refractivity contribution in [3.05, 3.63) is 47.5 Å². The first kappa shape index (κ1) is 16.6. The zero-order chi connectivity index (χ0) is 17.1. The van der Waals surface area contributed by atoms with E-state index in [-0.39, 0.29) is 11.8 Å². The zero-order valence-electron chi connectivity index (χ0n) is 14.2. The number of aryl methyl sites for hydroxylation is 2. The molecule has 0 bridgehead atoms. The number of carbonyl (C=O) groups is 1. The van der Waals surface area contributed by atoms with Crippen molar-refractivity contribution in [3.63, 3.8) is 0 Å². The highest BCUT2D eigenvalue weighted by atomic mass is 16.3. The Bertz CT molecular complexity index is 698. The number of pyridine rings is 1. The van der Waals surface area contributed by atoms with Crippen LogP contribution in [0.3, 0.4) is 0 Å². The van der Waals surface area contributed by atoms with Crippen LogP contribution in [-0.4, -0.2) is 49.9 Å². The highest BCUT2D eigenvalue weighted by Gasteiger charge is 2.35. The molecule has 6 heteroatoms. The highest BCUT2D eigenvalue weighted by Crippen LogP contribution is 2.23. The first-order valence-electron chi connectivity index (χ1n) is 8.48. The molecule has 1 fully saturated rings. The Kier molecular flexibility index (Phi) is 4.94. The van der Waals surface area contributed by atoms with Gasteiger partial charge in [0.2, 0.25) is 0 Å². The van der Waals surface area contributed by atoms with E-state index < -0.39 is 6.10 Å². The summed E-state index contributed by atoms with van der Waals surface area (Å²) in [4.78, 5) is 18.5. The predicted molar refractivity (Wildman–Crippen MR) is 90.6 cm³/mol. The van der Waals surface area contributed by atoms with Crippen molar-refractivity contribution in [1.82, 2.24) is 19.7 Å². The van der Waals surface area contributed by atoms with Crippen LogP contribution >= 0.6 is 0 Å². The van der Waals surface area contributed by atoms with Gasteiger partial charge in [-0.1, -0.05) is 6.92 Å². The van der Waals surface area contributed by atoms with Crippen LogP contribution in [0.15, 0.2) is 30.7 Å². The van der Waals surface area contributed by atoms with Gasteiger partial charge in [0.05, 0.1) is 17.4 Å². The Hall–Kier alpha value is -2.21. The molecule has 1 aliphatic rings. The van der Waals surface area contributed by atoms with Gasteiger partial charge >= 0.3 is 0 Å². The molecule has 6 nitrogen and oxygen atoms in total. The smallest absolute Gasteiger partial charge is 0.257 e. The van der Waals surface area contributed by atoms with E-state index in [9.17, 15) is 9.90 Å². The molecular formula is C18H24N4O2. The van der Waals surface area contributed by atoms with Gasteiger partial charge in [-0.3, -0.25) is 14.5 Å². The number of β-amino-alcohol motifs (C(OH)–C–C–N with tert-alkyl or cyclic N) is 1. The van der Waals surface area contributed by atoms with Crippen LogP contribution in [-0.2, 0) is 13.0 Å². The molecule has 24 heavy (non-hydrogen) atoms. The summed E-state index contributed by atoms with van der Waals surface area (Å²) in [5.74, 6) is 0.0217. The molecule has 1 saturated heterocycles. The Morgan fingerprint density at radius 1 is 1.33 bits per heavy atom. The summed E-state index contributed by atoms with van der Waals surface area (Å²) in [7, 11) is 0. The summed E-state index contributed by atoms with van der Waals surface area (Å²) < 4.78 is 1.82. The number of likely N-dealkylation sites (tertiary alicyclic amines) is 1. The lowest BCUT2D eigenvalue weighted by Crippen LogP contribution is -2.29. The van der Waals surface area contributed by atoms with E-state index >= 15 is 0 Å². The predicted octanol–water partition coefficient (Wildman–Crippen LogP) is 1.67. The largest absolute Gasteiger partial charge is 0.391 e. The van der Waals surface area contributed by atoms with Crippen LogP contribution in [0.25, 0.3) is 0 Å². The second-order valence-corrected chi connectivity index (χ2v) is 6.49. The minimum Gasteiger partial charge on any atom is -0.391 e. The molecule has 0 radical (unpaired) electrons. The summed E-state index contributed by atoms with van der Waals surface area (Å²) >= 11 is 0. The second kappa shape index (κ2) is 7.13. The molecule has 1 N–H and O–H groups in total. The van der Waals surface area contributed by atoms with Crippen LogP contribution < -0.4 is 0 Å². The van der Waals surface area contributed by atoms with E-state index in [4.69, 9.17) is 0 Å². The third-order valence-corrected chi connectivity index (χ3v) is 4.57. The molecular weight excluding hydrogens is 304 g/mol. The summed E-state index contributed by atoms with van der Waals surface area (Å²) in [5, 5.41) is 14.7. The normalized spacial score (nSPS) is 20.5. The van der Waals surface area contributed by atoms with Gasteiger partial charge in [0.25, 0.3) is 5.91 Å². The first-order chi connectivity index (χ1) is 11.6. The fraction of sp³-hybridized carbons (Fsp3) is 0.500. The van der Waals surface area contributed by atoms with Gasteiger partial charge in [-0.2, -0.15) is 5.10 Å². The molecule has 128 valence electrons. The maximum atomic E-state index is 12.8. The van der Waals surface area contributed by atoms with Crippen molar-refractivity contribution in [3.8, 4) is 0 Å². The number of hydrogen-bond donors (Lipinski definition) is 1. The molecule has 2 atom stereocenters. The van der Waals surface area contributed by atoms with Crippen LogP contribution in [0, 0.1) is 12.8 Å². The Balaban J connectivity index is 1.68. The van der Waals surface area contributed by atoms with Gasteiger partial charge in [-0.05, 0) is 37.5 Å². The molecule has 2 aromatic heterocycles. The number of hydrogen-bond acceptors (Lipinski definition) is 4. The van der Waals surface area contributed by atoms with Crippen LogP contribution in [0.2, 0.25) is 0 Å². The third kappa shape index (κ3) is 3.48. The molecule has 3 rings (SSSR count). The van der Waals surface area contributed by atoms with Crippen LogP contribution in [0.4, 0.5) is 0 Å². The Morgan fingerprint density at radius 3 is 2.79 bits per heavy atom. The lowest BCUT2D eigenvalue weighted by molar-refractivity contribution is 0.0764. The minimum absolute atomic E-state index is 0.0360. The highest BCUT2D eigenvalue weighted by molar-refractivity contribution is 5.95. The maximum Gasteiger partial charge on any atom is 0.257 e. The fourth-order valence-electron chi connectivity index (χ4n) is 3.28. The first-order valence-corrected chi connectivity index (χ1v) is 8.48. The van der Waals surface area contributed by atoms with Crippen molar-refractivity contribution in [1.29, 1.82) is 0 Å². The quantitative estimate of drug-likeness (QED) is 0.906. The summed E-state index contributed by atoms with van der Waals surface area (Å²) in [6, 6.07) is 3.91. The second-order valence-electron chi connectivity index (χ2n) is 6.49. The summed E-state index contributed by atoms with van der Waals surface area (Å²) in [5.41, 5.74) is 2.52. The number of aliphatic hydroxyl groups is 1. The van der Waals surface area contributed by atoms with Gasteiger partial charge in [0.1, 0.15) is 0 Å². The van der Waals surface area contributed by atoms with Gasteiger partial charge < -0.3 is 10.0 Å². The van der Waals surface area contributed by atoms with Crippen LogP contribution in [0.1, 0.15) is 35.0 Å². The average molecular weight is 328 g/mol. The molecule has 1 amide bonds. The Morgan fingerprint density at radius 2 is 2.08 bits per heavy atom. The molecule has 0 aromatic carbocycles. The molecule has 0 spiro atoms. The monoisotopic (exact) mass is 328 g/mol. The number of carbonyl (C=O) groups excluding carboxylic acids is 1. The summed E-state index contributed by atoms with van der Waals surface area (Å²) in [6.45, 7) is 5.70. The lowest BCUT2D eigenvalue weighted by atomic mass is 9.97.